The number of nitrogens with zero attached hydrogens (tertiary/aromatic N) is 1. The summed E-state index contributed by atoms with van der Waals surface area (Å²) in [6, 6.07) is 19.9. The van der Waals surface area contributed by atoms with Crippen molar-refractivity contribution >= 4 is 40.4 Å². The number of hydrogen-bond donors (Lipinski definition) is 1. The molecule has 1 aliphatic rings. The van der Waals surface area contributed by atoms with Gasteiger partial charge in [-0.1, -0.05) is 54.4 Å². The van der Waals surface area contributed by atoms with E-state index in [2.05, 4.69) is 5.32 Å². The van der Waals surface area contributed by atoms with Crippen LogP contribution in [0.2, 0.25) is 5.02 Å². The number of ether oxygens (including phenoxy) is 1. The molecule has 3 aromatic rings. The smallest absolute Gasteiger partial charge is 0.282 e. The van der Waals surface area contributed by atoms with Crippen molar-refractivity contribution in [3.05, 3.63) is 94.1 Å². The molecule has 3 aromatic carbocycles. The number of benzene rings is 3. The second-order valence-corrected chi connectivity index (χ2v) is 8.42. The zero-order valence-corrected chi connectivity index (χ0v) is 19.6. The zero-order valence-electron chi connectivity index (χ0n) is 18.8. The maximum absolute atomic E-state index is 13.6. The summed E-state index contributed by atoms with van der Waals surface area (Å²) in [7, 11) is 0. The van der Waals surface area contributed by atoms with Crippen LogP contribution in [0.3, 0.4) is 0 Å². The molecule has 0 fully saturated rings. The molecule has 1 N–H and O–H groups in total. The van der Waals surface area contributed by atoms with E-state index in [9.17, 15) is 9.59 Å². The highest BCUT2D eigenvalue weighted by Gasteiger charge is 2.40. The average Bonchev–Trinajstić information content (AvgIpc) is 3.05. The van der Waals surface area contributed by atoms with Gasteiger partial charge in [-0.15, -0.1) is 0 Å². The van der Waals surface area contributed by atoms with Gasteiger partial charge in [-0.3, -0.25) is 9.59 Å². The Labute approximate surface area is 198 Å². The van der Waals surface area contributed by atoms with Crippen molar-refractivity contribution in [2.45, 2.75) is 27.2 Å². The van der Waals surface area contributed by atoms with Crippen LogP contribution in [0.15, 0.2) is 72.4 Å². The molecule has 2 amide bonds. The maximum atomic E-state index is 13.6. The highest BCUT2D eigenvalue weighted by atomic mass is 35.5. The maximum Gasteiger partial charge on any atom is 0.282 e. The van der Waals surface area contributed by atoms with E-state index in [1.165, 1.54) is 4.90 Å². The van der Waals surface area contributed by atoms with Gasteiger partial charge in [-0.25, -0.2) is 4.90 Å². The van der Waals surface area contributed by atoms with Gasteiger partial charge in [0, 0.05) is 10.7 Å². The van der Waals surface area contributed by atoms with Crippen molar-refractivity contribution in [2.24, 2.45) is 0 Å². The lowest BCUT2D eigenvalue weighted by molar-refractivity contribution is -0.120. The van der Waals surface area contributed by atoms with Crippen LogP contribution < -0.4 is 15.0 Å². The van der Waals surface area contributed by atoms with Crippen LogP contribution >= 0.6 is 11.6 Å². The third-order valence-electron chi connectivity index (χ3n) is 5.45. The lowest BCUT2D eigenvalue weighted by Gasteiger charge is -2.16. The van der Waals surface area contributed by atoms with Crippen LogP contribution in [0.5, 0.6) is 5.75 Å². The molecule has 168 valence electrons. The van der Waals surface area contributed by atoms with E-state index < -0.39 is 5.91 Å². The first-order valence-electron chi connectivity index (χ1n) is 10.8. The Balaban J connectivity index is 1.78. The topological polar surface area (TPSA) is 58.6 Å². The standard InChI is InChI=1S/C27H25ClN2O3/c1-4-15-33-22-13-8-19(9-14-22)24-25(29-23-16-20(28)10-7-18(23)3)27(32)30(26(24)31)21-11-5-17(2)6-12-21/h5-14,16,29H,4,15H2,1-3H3. The third-order valence-corrected chi connectivity index (χ3v) is 5.69. The normalized spacial score (nSPS) is 13.6. The molecule has 0 unspecified atom stereocenters. The molecule has 0 spiro atoms. The van der Waals surface area contributed by atoms with E-state index in [4.69, 9.17) is 16.3 Å². The van der Waals surface area contributed by atoms with Crippen LogP contribution in [-0.2, 0) is 9.59 Å². The van der Waals surface area contributed by atoms with Gasteiger partial charge in [0.15, 0.2) is 0 Å². The number of nitrogens with one attached hydrogen (secondary N) is 1. The van der Waals surface area contributed by atoms with Crippen LogP contribution in [0.25, 0.3) is 5.57 Å². The summed E-state index contributed by atoms with van der Waals surface area (Å²) >= 11 is 6.19. The van der Waals surface area contributed by atoms with Crippen molar-refractivity contribution in [3.8, 4) is 5.75 Å². The minimum absolute atomic E-state index is 0.216. The molecule has 0 aromatic heterocycles. The van der Waals surface area contributed by atoms with Gasteiger partial charge >= 0.3 is 0 Å². The van der Waals surface area contributed by atoms with Crippen LogP contribution in [0.1, 0.15) is 30.0 Å². The first-order valence-corrected chi connectivity index (χ1v) is 11.2. The molecule has 4 rings (SSSR count). The Bertz CT molecular complexity index is 1230. The molecular weight excluding hydrogens is 436 g/mol. The number of aryl methyl sites for hydroxylation is 2. The number of anilines is 2. The van der Waals surface area contributed by atoms with Gasteiger partial charge in [0.25, 0.3) is 11.8 Å². The number of carbonyl (C=O) groups is 2. The van der Waals surface area contributed by atoms with Crippen molar-refractivity contribution in [3.63, 3.8) is 0 Å². The summed E-state index contributed by atoms with van der Waals surface area (Å²) in [5.74, 6) is -0.0774. The number of amides is 2. The molecule has 1 aliphatic heterocycles. The Morgan fingerprint density at radius 3 is 2.27 bits per heavy atom. The van der Waals surface area contributed by atoms with Gasteiger partial charge in [-0.05, 0) is 67.8 Å². The van der Waals surface area contributed by atoms with Crippen molar-refractivity contribution in [2.75, 3.05) is 16.8 Å². The highest BCUT2D eigenvalue weighted by Crippen LogP contribution is 2.35. The molecule has 0 aliphatic carbocycles. The highest BCUT2D eigenvalue weighted by molar-refractivity contribution is 6.46. The number of rotatable bonds is 7. The van der Waals surface area contributed by atoms with Crippen molar-refractivity contribution in [1.29, 1.82) is 0 Å². The zero-order chi connectivity index (χ0) is 23.5. The van der Waals surface area contributed by atoms with Gasteiger partial charge in [-0.2, -0.15) is 0 Å². The summed E-state index contributed by atoms with van der Waals surface area (Å²) in [4.78, 5) is 28.3. The summed E-state index contributed by atoms with van der Waals surface area (Å²) in [6.45, 7) is 6.52. The summed E-state index contributed by atoms with van der Waals surface area (Å²) in [5.41, 5.74) is 4.30. The summed E-state index contributed by atoms with van der Waals surface area (Å²) in [5, 5.41) is 3.73. The summed E-state index contributed by atoms with van der Waals surface area (Å²) < 4.78 is 5.67. The molecule has 33 heavy (non-hydrogen) atoms. The second kappa shape index (κ2) is 9.51. The molecule has 0 atom stereocenters. The largest absolute Gasteiger partial charge is 0.494 e. The molecule has 0 saturated heterocycles. The monoisotopic (exact) mass is 460 g/mol. The van der Waals surface area contributed by atoms with Gasteiger partial charge < -0.3 is 10.1 Å². The predicted octanol–water partition coefficient (Wildman–Crippen LogP) is 6.14. The molecule has 0 bridgehead atoms. The molecule has 5 nitrogen and oxygen atoms in total. The number of imide groups is 1. The predicted molar refractivity (Wildman–Crippen MR) is 133 cm³/mol. The Kier molecular flexibility index (Phi) is 6.52. The van der Waals surface area contributed by atoms with E-state index in [1.54, 1.807) is 36.4 Å². The van der Waals surface area contributed by atoms with Gasteiger partial charge in [0.05, 0.1) is 17.9 Å². The molecule has 1 heterocycles. The SMILES string of the molecule is CCCOc1ccc(C2=C(Nc3cc(Cl)ccc3C)C(=O)N(c3ccc(C)cc3)C2=O)cc1. The van der Waals surface area contributed by atoms with Crippen LogP contribution in [0.4, 0.5) is 11.4 Å². The minimum atomic E-state index is -0.412. The van der Waals surface area contributed by atoms with E-state index in [0.717, 1.165) is 17.5 Å². The quantitative estimate of drug-likeness (QED) is 0.430. The third kappa shape index (κ3) is 4.64. The lowest BCUT2D eigenvalue weighted by atomic mass is 10.0. The minimum Gasteiger partial charge on any atom is -0.494 e. The molecule has 0 radical (unpaired) electrons. The van der Waals surface area contributed by atoms with Crippen molar-refractivity contribution in [1.82, 2.24) is 0 Å². The van der Waals surface area contributed by atoms with E-state index >= 15 is 0 Å². The van der Waals surface area contributed by atoms with Crippen LogP contribution in [0, 0.1) is 13.8 Å². The average molecular weight is 461 g/mol. The Morgan fingerprint density at radius 2 is 1.61 bits per heavy atom. The number of hydrogen-bond acceptors (Lipinski definition) is 4. The Morgan fingerprint density at radius 1 is 0.909 bits per heavy atom. The van der Waals surface area contributed by atoms with Gasteiger partial charge in [0.1, 0.15) is 11.4 Å². The van der Waals surface area contributed by atoms with E-state index in [-0.39, 0.29) is 11.6 Å². The molecule has 6 heteroatoms. The molecule has 0 saturated carbocycles. The second-order valence-electron chi connectivity index (χ2n) is 7.99. The fraction of sp³-hybridized carbons (Fsp3) is 0.185. The fourth-order valence-corrected chi connectivity index (χ4v) is 3.82. The Hall–Kier alpha value is -3.57. The van der Waals surface area contributed by atoms with E-state index in [1.807, 2.05) is 51.1 Å². The van der Waals surface area contributed by atoms with Gasteiger partial charge in [0.2, 0.25) is 0 Å². The number of carbonyl (C=O) groups excluding carboxylic acids is 2. The lowest BCUT2D eigenvalue weighted by Crippen LogP contribution is -2.32. The van der Waals surface area contributed by atoms with Crippen molar-refractivity contribution < 1.29 is 14.3 Å². The fourth-order valence-electron chi connectivity index (χ4n) is 3.64. The first-order chi connectivity index (χ1) is 15.9. The van der Waals surface area contributed by atoms with Crippen LogP contribution in [-0.4, -0.2) is 18.4 Å². The molecular formula is C27H25ClN2O3. The summed E-state index contributed by atoms with van der Waals surface area (Å²) in [6.07, 6.45) is 0.901. The number of halogens is 1. The first kappa shape index (κ1) is 22.6. The van der Waals surface area contributed by atoms with E-state index in [0.29, 0.717) is 39.9 Å².